The Bertz CT molecular complexity index is 611. The maximum absolute atomic E-state index is 13.1. The Morgan fingerprint density at radius 2 is 2.22 bits per heavy atom. The lowest BCUT2D eigenvalue weighted by Crippen LogP contribution is -2.02. The van der Waals surface area contributed by atoms with Crippen LogP contribution in [0, 0.1) is 31.0 Å². The van der Waals surface area contributed by atoms with Crippen molar-refractivity contribution in [3.05, 3.63) is 46.7 Å². The summed E-state index contributed by atoms with van der Waals surface area (Å²) in [6.45, 7) is 3.94. The zero-order chi connectivity index (χ0) is 13.1. The van der Waals surface area contributed by atoms with E-state index in [4.69, 9.17) is 9.68 Å². The first-order valence-electron chi connectivity index (χ1n) is 5.46. The van der Waals surface area contributed by atoms with Crippen LogP contribution in [0.25, 0.3) is 0 Å². The van der Waals surface area contributed by atoms with Crippen LogP contribution in [0.1, 0.15) is 22.7 Å². The highest BCUT2D eigenvalue weighted by Gasteiger charge is 2.10. The molecular weight excluding hydrogens is 233 g/mol. The lowest BCUT2D eigenvalue weighted by molar-refractivity contribution is 0.532. The minimum atomic E-state index is -0.286. The van der Waals surface area contributed by atoms with E-state index in [-0.39, 0.29) is 11.5 Å². The van der Waals surface area contributed by atoms with Crippen LogP contribution < -0.4 is 5.32 Å². The van der Waals surface area contributed by atoms with Crippen molar-refractivity contribution in [2.24, 2.45) is 0 Å². The molecule has 0 spiro atoms. The van der Waals surface area contributed by atoms with Crippen LogP contribution in [-0.4, -0.2) is 4.98 Å². The number of aryl methyl sites for hydroxylation is 2. The lowest BCUT2D eigenvalue weighted by Gasteiger charge is -2.06. The average molecular weight is 245 g/mol. The van der Waals surface area contributed by atoms with Crippen molar-refractivity contribution in [3.8, 4) is 6.07 Å². The average Bonchev–Trinajstić information content (AvgIpc) is 2.71. The van der Waals surface area contributed by atoms with Gasteiger partial charge in [0.15, 0.2) is 5.89 Å². The molecule has 0 radical (unpaired) electrons. The fourth-order valence-electron chi connectivity index (χ4n) is 1.63. The summed E-state index contributed by atoms with van der Waals surface area (Å²) in [6, 6.07) is 6.52. The number of nitrogens with one attached hydrogen (secondary N) is 1. The molecule has 0 unspecified atom stereocenters. The maximum Gasteiger partial charge on any atom is 0.232 e. The van der Waals surface area contributed by atoms with Gasteiger partial charge in [0.25, 0.3) is 0 Å². The van der Waals surface area contributed by atoms with Gasteiger partial charge in [-0.1, -0.05) is 6.07 Å². The zero-order valence-electron chi connectivity index (χ0n) is 10.1. The number of halogens is 1. The summed E-state index contributed by atoms with van der Waals surface area (Å²) in [6.07, 6.45) is 0. The molecule has 0 aliphatic heterocycles. The van der Waals surface area contributed by atoms with E-state index >= 15 is 0 Å². The van der Waals surface area contributed by atoms with Crippen molar-refractivity contribution in [2.75, 3.05) is 5.32 Å². The van der Waals surface area contributed by atoms with Crippen LogP contribution in [-0.2, 0) is 6.54 Å². The van der Waals surface area contributed by atoms with Crippen molar-refractivity contribution >= 4 is 5.88 Å². The molecule has 0 atom stereocenters. The quantitative estimate of drug-likeness (QED) is 0.903. The SMILES string of the molecule is Cc1nc(C#N)c(NCc2cc(F)ccc2C)o1. The molecule has 2 rings (SSSR count). The van der Waals surface area contributed by atoms with Crippen LogP contribution in [0.5, 0.6) is 0 Å². The summed E-state index contributed by atoms with van der Waals surface area (Å²) >= 11 is 0. The predicted molar refractivity (Wildman–Crippen MR) is 64.4 cm³/mol. The Hall–Kier alpha value is -2.35. The van der Waals surface area contributed by atoms with E-state index in [2.05, 4.69) is 10.3 Å². The third-order valence-electron chi connectivity index (χ3n) is 2.59. The number of nitrogens with zero attached hydrogens (tertiary/aromatic N) is 2. The second kappa shape index (κ2) is 4.88. The second-order valence-electron chi connectivity index (χ2n) is 3.95. The van der Waals surface area contributed by atoms with Gasteiger partial charge in [-0.2, -0.15) is 5.26 Å². The van der Waals surface area contributed by atoms with Crippen LogP contribution in [0.4, 0.5) is 10.3 Å². The number of benzene rings is 1. The van der Waals surface area contributed by atoms with Gasteiger partial charge in [0.1, 0.15) is 11.9 Å². The van der Waals surface area contributed by atoms with Crippen LogP contribution in [0.15, 0.2) is 22.6 Å². The predicted octanol–water partition coefficient (Wildman–Crippen LogP) is 2.91. The first kappa shape index (κ1) is 12.1. The third-order valence-corrected chi connectivity index (χ3v) is 2.59. The molecule has 2 aromatic rings. The Kier molecular flexibility index (Phi) is 3.28. The van der Waals surface area contributed by atoms with Crippen LogP contribution in [0.2, 0.25) is 0 Å². The van der Waals surface area contributed by atoms with Crippen LogP contribution in [0.3, 0.4) is 0 Å². The molecule has 1 heterocycles. The minimum Gasteiger partial charge on any atom is -0.424 e. The molecule has 0 fully saturated rings. The fraction of sp³-hybridized carbons (Fsp3) is 0.231. The van der Waals surface area contributed by atoms with E-state index in [1.807, 2.05) is 13.0 Å². The Morgan fingerprint density at radius 3 is 2.94 bits per heavy atom. The minimum absolute atomic E-state index is 0.210. The smallest absolute Gasteiger partial charge is 0.232 e. The van der Waals surface area contributed by atoms with E-state index in [9.17, 15) is 4.39 Å². The Morgan fingerprint density at radius 1 is 1.44 bits per heavy atom. The first-order chi connectivity index (χ1) is 8.60. The Labute approximate surface area is 104 Å². The molecule has 1 aromatic carbocycles. The van der Waals surface area contributed by atoms with E-state index < -0.39 is 0 Å². The van der Waals surface area contributed by atoms with Crippen molar-refractivity contribution in [1.82, 2.24) is 4.98 Å². The number of hydrogen-bond donors (Lipinski definition) is 1. The van der Waals surface area contributed by atoms with Gasteiger partial charge in [-0.05, 0) is 30.2 Å². The molecule has 4 nitrogen and oxygen atoms in total. The number of anilines is 1. The summed E-state index contributed by atoms with van der Waals surface area (Å²) in [5.74, 6) is 0.454. The molecule has 0 bridgehead atoms. The molecule has 0 saturated heterocycles. The Balaban J connectivity index is 2.16. The molecule has 18 heavy (non-hydrogen) atoms. The van der Waals surface area contributed by atoms with E-state index in [1.54, 1.807) is 13.0 Å². The molecule has 92 valence electrons. The monoisotopic (exact) mass is 245 g/mol. The van der Waals surface area contributed by atoms with Crippen molar-refractivity contribution in [2.45, 2.75) is 20.4 Å². The van der Waals surface area contributed by atoms with Crippen LogP contribution >= 0.6 is 0 Å². The molecule has 1 N–H and O–H groups in total. The largest absolute Gasteiger partial charge is 0.424 e. The maximum atomic E-state index is 13.1. The number of hydrogen-bond acceptors (Lipinski definition) is 4. The second-order valence-corrected chi connectivity index (χ2v) is 3.95. The van der Waals surface area contributed by atoms with Crippen molar-refractivity contribution < 1.29 is 8.81 Å². The highest BCUT2D eigenvalue weighted by atomic mass is 19.1. The highest BCUT2D eigenvalue weighted by Crippen LogP contribution is 2.18. The van der Waals surface area contributed by atoms with E-state index in [0.29, 0.717) is 18.3 Å². The molecular formula is C13H12FN3O. The fourth-order valence-corrected chi connectivity index (χ4v) is 1.63. The molecule has 0 amide bonds. The van der Waals surface area contributed by atoms with E-state index in [1.165, 1.54) is 12.1 Å². The molecule has 0 aliphatic carbocycles. The topological polar surface area (TPSA) is 61.9 Å². The number of oxazole rings is 1. The number of nitriles is 1. The first-order valence-corrected chi connectivity index (χ1v) is 5.46. The highest BCUT2D eigenvalue weighted by molar-refractivity contribution is 5.46. The van der Waals surface area contributed by atoms with Gasteiger partial charge in [-0.25, -0.2) is 9.37 Å². The van der Waals surface area contributed by atoms with Crippen molar-refractivity contribution in [1.29, 1.82) is 5.26 Å². The van der Waals surface area contributed by atoms with Gasteiger partial charge in [0, 0.05) is 13.5 Å². The van der Waals surface area contributed by atoms with Gasteiger partial charge >= 0.3 is 0 Å². The summed E-state index contributed by atoms with van der Waals surface area (Å²) in [4.78, 5) is 3.92. The normalized spacial score (nSPS) is 10.1. The molecule has 5 heteroatoms. The summed E-state index contributed by atoms with van der Waals surface area (Å²) in [5.41, 5.74) is 1.99. The molecule has 0 aliphatic rings. The van der Waals surface area contributed by atoms with Gasteiger partial charge < -0.3 is 9.73 Å². The summed E-state index contributed by atoms with van der Waals surface area (Å²) in [7, 11) is 0. The van der Waals surface area contributed by atoms with E-state index in [0.717, 1.165) is 11.1 Å². The number of aromatic nitrogens is 1. The number of rotatable bonds is 3. The third kappa shape index (κ3) is 2.48. The lowest BCUT2D eigenvalue weighted by atomic mass is 10.1. The van der Waals surface area contributed by atoms with Gasteiger partial charge in [0.05, 0.1) is 0 Å². The van der Waals surface area contributed by atoms with Gasteiger partial charge in [0.2, 0.25) is 11.6 Å². The summed E-state index contributed by atoms with van der Waals surface area (Å²) < 4.78 is 18.4. The van der Waals surface area contributed by atoms with Gasteiger partial charge in [-0.15, -0.1) is 0 Å². The van der Waals surface area contributed by atoms with Crippen molar-refractivity contribution in [3.63, 3.8) is 0 Å². The molecule has 1 aromatic heterocycles. The zero-order valence-corrected chi connectivity index (χ0v) is 10.1. The summed E-state index contributed by atoms with van der Waals surface area (Å²) in [5, 5.41) is 11.8. The van der Waals surface area contributed by atoms with Gasteiger partial charge in [-0.3, -0.25) is 0 Å². The molecule has 0 saturated carbocycles. The standard InChI is InChI=1S/C13H12FN3O/c1-8-3-4-11(14)5-10(8)7-16-13-12(6-15)17-9(2)18-13/h3-5,16H,7H2,1-2H3.